The highest BCUT2D eigenvalue weighted by Gasteiger charge is 2.33. The SMILES string of the molecule is CCN(CC)C(=O)C(C)(C)n1cc(-c2cnc(N)c(OC(C)c3c(Cl)ccc(F)c3Cl)c2)cn1. The highest BCUT2D eigenvalue weighted by atomic mass is 35.5. The molecule has 0 spiro atoms. The van der Waals surface area contributed by atoms with E-state index in [0.29, 0.717) is 24.2 Å². The van der Waals surface area contributed by atoms with Gasteiger partial charge in [-0.3, -0.25) is 9.48 Å². The number of halogens is 3. The number of rotatable bonds is 8. The number of aromatic nitrogens is 3. The molecule has 0 saturated heterocycles. The molecule has 3 aromatic rings. The molecule has 0 saturated carbocycles. The number of benzene rings is 1. The summed E-state index contributed by atoms with van der Waals surface area (Å²) in [5.74, 6) is -0.175. The average molecular weight is 508 g/mol. The van der Waals surface area contributed by atoms with Crippen molar-refractivity contribution in [2.75, 3.05) is 18.8 Å². The minimum atomic E-state index is -0.871. The monoisotopic (exact) mass is 507 g/mol. The lowest BCUT2D eigenvalue weighted by molar-refractivity contribution is -0.139. The summed E-state index contributed by atoms with van der Waals surface area (Å²) in [6.07, 6.45) is 4.33. The number of hydrogen-bond acceptors (Lipinski definition) is 5. The van der Waals surface area contributed by atoms with Crippen LogP contribution in [0, 0.1) is 5.82 Å². The number of hydrogen-bond donors (Lipinski definition) is 1. The third-order valence-corrected chi connectivity index (χ3v) is 6.45. The van der Waals surface area contributed by atoms with Crippen LogP contribution in [0.2, 0.25) is 10.0 Å². The lowest BCUT2D eigenvalue weighted by Gasteiger charge is -2.30. The Morgan fingerprint density at radius 3 is 2.56 bits per heavy atom. The van der Waals surface area contributed by atoms with Gasteiger partial charge in [-0.05, 0) is 52.8 Å². The van der Waals surface area contributed by atoms with Gasteiger partial charge in [0.05, 0.1) is 11.2 Å². The summed E-state index contributed by atoms with van der Waals surface area (Å²) in [7, 11) is 0. The number of pyridine rings is 1. The van der Waals surface area contributed by atoms with E-state index in [9.17, 15) is 9.18 Å². The molecular weight excluding hydrogens is 480 g/mol. The minimum Gasteiger partial charge on any atom is -0.482 e. The second-order valence-corrected chi connectivity index (χ2v) is 9.12. The number of carbonyl (C=O) groups is 1. The summed E-state index contributed by atoms with van der Waals surface area (Å²) in [5.41, 5.74) is 6.89. The Hall–Kier alpha value is -2.84. The van der Waals surface area contributed by atoms with E-state index in [4.69, 9.17) is 33.7 Å². The molecule has 182 valence electrons. The molecule has 0 aliphatic heterocycles. The second-order valence-electron chi connectivity index (χ2n) is 8.33. The van der Waals surface area contributed by atoms with Gasteiger partial charge in [-0.15, -0.1) is 0 Å². The predicted molar refractivity (Wildman–Crippen MR) is 133 cm³/mol. The maximum Gasteiger partial charge on any atom is 0.249 e. The standard InChI is InChI=1S/C24H28Cl2FN5O2/c1-6-31(7-2)23(33)24(4,5)32-13-16(12-30-32)15-10-19(22(28)29-11-15)34-14(3)20-17(25)8-9-18(27)21(20)26/h8-14H,6-7H2,1-5H3,(H2,28,29). The lowest BCUT2D eigenvalue weighted by atomic mass is 10.0. The zero-order valence-electron chi connectivity index (χ0n) is 19.8. The van der Waals surface area contributed by atoms with Gasteiger partial charge >= 0.3 is 0 Å². The van der Waals surface area contributed by atoms with E-state index >= 15 is 0 Å². The van der Waals surface area contributed by atoms with Crippen molar-refractivity contribution in [2.45, 2.75) is 46.3 Å². The maximum absolute atomic E-state index is 14.0. The van der Waals surface area contributed by atoms with Crippen LogP contribution in [0.4, 0.5) is 10.2 Å². The average Bonchev–Trinajstić information content (AvgIpc) is 3.30. The fourth-order valence-electron chi connectivity index (χ4n) is 3.65. The van der Waals surface area contributed by atoms with E-state index in [0.717, 1.165) is 5.56 Å². The van der Waals surface area contributed by atoms with Crippen molar-refractivity contribution in [1.29, 1.82) is 0 Å². The van der Waals surface area contributed by atoms with Gasteiger partial charge in [0.2, 0.25) is 5.91 Å². The summed E-state index contributed by atoms with van der Waals surface area (Å²) < 4.78 is 21.6. The lowest BCUT2D eigenvalue weighted by Crippen LogP contribution is -2.47. The molecule has 0 bridgehead atoms. The number of amides is 1. The largest absolute Gasteiger partial charge is 0.482 e. The fraction of sp³-hybridized carbons (Fsp3) is 0.375. The first-order chi connectivity index (χ1) is 16.0. The third kappa shape index (κ3) is 4.98. The fourth-order valence-corrected chi connectivity index (χ4v) is 4.32. The van der Waals surface area contributed by atoms with Crippen LogP contribution in [-0.2, 0) is 10.3 Å². The number of nitrogens with zero attached hydrogens (tertiary/aromatic N) is 4. The maximum atomic E-state index is 14.0. The summed E-state index contributed by atoms with van der Waals surface area (Å²) in [5, 5.41) is 4.60. The van der Waals surface area contributed by atoms with E-state index in [1.165, 1.54) is 12.1 Å². The van der Waals surface area contributed by atoms with Gasteiger partial charge < -0.3 is 15.4 Å². The second kappa shape index (κ2) is 10.2. The van der Waals surface area contributed by atoms with Gasteiger partial charge in [0.1, 0.15) is 17.5 Å². The third-order valence-electron chi connectivity index (χ3n) is 5.73. The number of ether oxygens (including phenoxy) is 1. The van der Waals surface area contributed by atoms with E-state index < -0.39 is 17.5 Å². The van der Waals surface area contributed by atoms with Gasteiger partial charge in [-0.1, -0.05) is 23.2 Å². The zero-order chi connectivity index (χ0) is 25.2. The highest BCUT2D eigenvalue weighted by Crippen LogP contribution is 2.37. The van der Waals surface area contributed by atoms with E-state index in [1.807, 2.05) is 27.7 Å². The van der Waals surface area contributed by atoms with Crippen molar-refractivity contribution in [1.82, 2.24) is 19.7 Å². The van der Waals surface area contributed by atoms with Crippen LogP contribution < -0.4 is 10.5 Å². The molecule has 0 aliphatic rings. The number of anilines is 1. The van der Waals surface area contributed by atoms with E-state index in [1.54, 1.807) is 41.2 Å². The van der Waals surface area contributed by atoms with Gasteiger partial charge in [-0.2, -0.15) is 5.10 Å². The first-order valence-electron chi connectivity index (χ1n) is 10.9. The van der Waals surface area contributed by atoms with Gasteiger partial charge in [0, 0.05) is 47.2 Å². The first kappa shape index (κ1) is 25.8. The topological polar surface area (TPSA) is 86.3 Å². The van der Waals surface area contributed by atoms with Crippen LogP contribution in [0.15, 0.2) is 36.8 Å². The smallest absolute Gasteiger partial charge is 0.249 e. The normalized spacial score (nSPS) is 12.5. The van der Waals surface area contributed by atoms with Crippen LogP contribution in [0.3, 0.4) is 0 Å². The summed E-state index contributed by atoms with van der Waals surface area (Å²) in [4.78, 5) is 19.0. The quantitative estimate of drug-likeness (QED) is 0.394. The molecule has 1 unspecified atom stereocenters. The number of likely N-dealkylation sites (N-methyl/N-ethyl adjacent to an activating group) is 1. The Bertz CT molecular complexity index is 1190. The number of nitrogen functional groups attached to an aromatic ring is 1. The molecule has 0 aliphatic carbocycles. The summed E-state index contributed by atoms with van der Waals surface area (Å²) >= 11 is 12.3. The van der Waals surface area contributed by atoms with Crippen LogP contribution in [0.1, 0.15) is 46.3 Å². The summed E-state index contributed by atoms with van der Waals surface area (Å²) in [6.45, 7) is 10.5. The first-order valence-corrected chi connectivity index (χ1v) is 11.7. The molecule has 2 N–H and O–H groups in total. The van der Waals surface area contributed by atoms with Crippen LogP contribution in [-0.4, -0.2) is 38.7 Å². The molecule has 2 aromatic heterocycles. The molecular formula is C24H28Cl2FN5O2. The Morgan fingerprint density at radius 1 is 1.24 bits per heavy atom. The number of nitrogens with two attached hydrogens (primary N) is 1. The molecule has 2 heterocycles. The van der Waals surface area contributed by atoms with E-state index in [-0.39, 0.29) is 27.5 Å². The van der Waals surface area contributed by atoms with Crippen molar-refractivity contribution in [3.05, 3.63) is 58.2 Å². The molecule has 7 nitrogen and oxygen atoms in total. The highest BCUT2D eigenvalue weighted by molar-refractivity contribution is 6.36. The van der Waals surface area contributed by atoms with Crippen molar-refractivity contribution in [3.8, 4) is 16.9 Å². The molecule has 0 fully saturated rings. The van der Waals surface area contributed by atoms with Gasteiger partial charge in [0.15, 0.2) is 11.6 Å². The zero-order valence-corrected chi connectivity index (χ0v) is 21.3. The molecule has 1 atom stereocenters. The predicted octanol–water partition coefficient (Wildman–Crippen LogP) is 5.72. The molecule has 1 aromatic carbocycles. The molecule has 10 heteroatoms. The Balaban J connectivity index is 1.90. The molecule has 34 heavy (non-hydrogen) atoms. The van der Waals surface area contributed by atoms with Crippen LogP contribution >= 0.6 is 23.2 Å². The molecule has 1 amide bonds. The molecule has 3 rings (SSSR count). The van der Waals surface area contributed by atoms with Crippen LogP contribution in [0.25, 0.3) is 11.1 Å². The Kier molecular flexibility index (Phi) is 7.73. The molecule has 0 radical (unpaired) electrons. The van der Waals surface area contributed by atoms with Gasteiger partial charge in [0.25, 0.3) is 0 Å². The van der Waals surface area contributed by atoms with Gasteiger partial charge in [-0.25, -0.2) is 9.37 Å². The van der Waals surface area contributed by atoms with Crippen molar-refractivity contribution < 1.29 is 13.9 Å². The van der Waals surface area contributed by atoms with Crippen molar-refractivity contribution in [3.63, 3.8) is 0 Å². The van der Waals surface area contributed by atoms with E-state index in [2.05, 4.69) is 10.1 Å². The van der Waals surface area contributed by atoms with Crippen molar-refractivity contribution in [2.24, 2.45) is 0 Å². The van der Waals surface area contributed by atoms with Crippen molar-refractivity contribution >= 4 is 34.9 Å². The Morgan fingerprint density at radius 2 is 1.91 bits per heavy atom. The number of carbonyl (C=O) groups excluding carboxylic acids is 1. The Labute approximate surface area is 208 Å². The summed E-state index contributed by atoms with van der Waals surface area (Å²) in [6, 6.07) is 4.33. The van der Waals surface area contributed by atoms with Crippen LogP contribution in [0.5, 0.6) is 5.75 Å². The minimum absolute atomic E-state index is 0.0238.